The lowest BCUT2D eigenvalue weighted by atomic mass is 9.98. The molecule has 0 spiro atoms. The standard InChI is InChI=1S/C17H20N4O3/c1-10-4-5-13(8-11(10)2)18-16(22)15-20-19-14-9-12(17(23)24-3)6-7-21(14)15/h4-5,8,12H,6-7,9H2,1-3H3,(H,18,22)/t12-/m0/s1. The number of hydrogen-bond acceptors (Lipinski definition) is 5. The van der Waals surface area contributed by atoms with E-state index in [1.165, 1.54) is 12.7 Å². The summed E-state index contributed by atoms with van der Waals surface area (Å²) in [6, 6.07) is 5.75. The number of benzene rings is 1. The molecule has 1 N–H and O–H groups in total. The Morgan fingerprint density at radius 2 is 2.04 bits per heavy atom. The van der Waals surface area contributed by atoms with Crippen molar-refractivity contribution in [1.82, 2.24) is 14.8 Å². The number of methoxy groups -OCH3 is 1. The number of nitrogens with one attached hydrogen (secondary N) is 1. The van der Waals surface area contributed by atoms with Gasteiger partial charge in [-0.15, -0.1) is 10.2 Å². The third-order valence-corrected chi connectivity index (χ3v) is 4.46. The number of hydrogen-bond donors (Lipinski definition) is 1. The highest BCUT2D eigenvalue weighted by Crippen LogP contribution is 2.22. The third kappa shape index (κ3) is 3.02. The van der Waals surface area contributed by atoms with Crippen molar-refractivity contribution in [1.29, 1.82) is 0 Å². The molecule has 24 heavy (non-hydrogen) atoms. The van der Waals surface area contributed by atoms with Crippen LogP contribution in [0.3, 0.4) is 0 Å². The molecule has 7 heteroatoms. The molecular weight excluding hydrogens is 308 g/mol. The molecule has 2 heterocycles. The van der Waals surface area contributed by atoms with E-state index in [0.717, 1.165) is 11.3 Å². The molecule has 1 atom stereocenters. The minimum absolute atomic E-state index is 0.220. The first-order valence-corrected chi connectivity index (χ1v) is 7.88. The molecule has 1 amide bonds. The normalized spacial score (nSPS) is 16.4. The minimum atomic E-state index is -0.298. The molecule has 0 bridgehead atoms. The number of rotatable bonds is 3. The van der Waals surface area contributed by atoms with E-state index in [4.69, 9.17) is 4.74 Å². The molecule has 0 fully saturated rings. The molecule has 126 valence electrons. The average Bonchev–Trinajstić information content (AvgIpc) is 3.00. The Hall–Kier alpha value is -2.70. The van der Waals surface area contributed by atoms with E-state index < -0.39 is 0 Å². The van der Waals surface area contributed by atoms with Gasteiger partial charge in [0.25, 0.3) is 5.91 Å². The van der Waals surface area contributed by atoms with E-state index >= 15 is 0 Å². The van der Waals surface area contributed by atoms with Crippen LogP contribution in [0, 0.1) is 19.8 Å². The summed E-state index contributed by atoms with van der Waals surface area (Å²) in [6.45, 7) is 4.54. The first-order valence-electron chi connectivity index (χ1n) is 7.88. The number of esters is 1. The molecule has 3 rings (SSSR count). The maximum atomic E-state index is 12.5. The van der Waals surface area contributed by atoms with Crippen molar-refractivity contribution in [3.8, 4) is 0 Å². The lowest BCUT2D eigenvalue weighted by Crippen LogP contribution is -2.29. The summed E-state index contributed by atoms with van der Waals surface area (Å²) in [5.74, 6) is 0.148. The number of fused-ring (bicyclic) bond motifs is 1. The molecule has 1 aromatic carbocycles. The van der Waals surface area contributed by atoms with Crippen LogP contribution in [0.5, 0.6) is 0 Å². The lowest BCUT2D eigenvalue weighted by molar-refractivity contribution is -0.146. The number of carbonyl (C=O) groups excluding carboxylic acids is 2. The van der Waals surface area contributed by atoms with Gasteiger partial charge in [-0.05, 0) is 43.5 Å². The maximum absolute atomic E-state index is 12.5. The number of aryl methyl sites for hydroxylation is 2. The highest BCUT2D eigenvalue weighted by atomic mass is 16.5. The van der Waals surface area contributed by atoms with Crippen molar-refractivity contribution in [3.05, 3.63) is 41.0 Å². The Balaban J connectivity index is 1.77. The lowest BCUT2D eigenvalue weighted by Gasteiger charge is -2.21. The second-order valence-corrected chi connectivity index (χ2v) is 6.06. The second-order valence-electron chi connectivity index (χ2n) is 6.06. The molecule has 0 saturated heterocycles. The first-order chi connectivity index (χ1) is 11.5. The number of aromatic nitrogens is 3. The summed E-state index contributed by atoms with van der Waals surface area (Å²) < 4.78 is 6.56. The van der Waals surface area contributed by atoms with Crippen LogP contribution >= 0.6 is 0 Å². The number of anilines is 1. The second kappa shape index (κ2) is 6.43. The van der Waals surface area contributed by atoms with E-state index in [9.17, 15) is 9.59 Å². The quantitative estimate of drug-likeness (QED) is 0.870. The van der Waals surface area contributed by atoms with Gasteiger partial charge in [-0.2, -0.15) is 0 Å². The number of ether oxygens (including phenoxy) is 1. The summed E-state index contributed by atoms with van der Waals surface area (Å²) >= 11 is 0. The molecule has 7 nitrogen and oxygen atoms in total. The van der Waals surface area contributed by atoms with Crippen molar-refractivity contribution in [2.24, 2.45) is 5.92 Å². The van der Waals surface area contributed by atoms with Crippen molar-refractivity contribution < 1.29 is 14.3 Å². The zero-order chi connectivity index (χ0) is 17.3. The molecular formula is C17H20N4O3. The van der Waals surface area contributed by atoms with Gasteiger partial charge in [-0.1, -0.05) is 6.07 Å². The predicted molar refractivity (Wildman–Crippen MR) is 87.7 cm³/mol. The van der Waals surface area contributed by atoms with Crippen LogP contribution < -0.4 is 5.32 Å². The zero-order valence-electron chi connectivity index (χ0n) is 14.0. The molecule has 1 aromatic heterocycles. The van der Waals surface area contributed by atoms with Crippen molar-refractivity contribution in [2.45, 2.75) is 33.2 Å². The molecule has 0 aliphatic carbocycles. The number of carbonyl (C=O) groups is 2. The monoisotopic (exact) mass is 328 g/mol. The van der Waals surface area contributed by atoms with Gasteiger partial charge in [0.15, 0.2) is 0 Å². The largest absolute Gasteiger partial charge is 0.469 e. The number of amides is 1. The average molecular weight is 328 g/mol. The van der Waals surface area contributed by atoms with Gasteiger partial charge in [0.1, 0.15) is 5.82 Å². The van der Waals surface area contributed by atoms with Crippen molar-refractivity contribution in [3.63, 3.8) is 0 Å². The maximum Gasteiger partial charge on any atom is 0.309 e. The third-order valence-electron chi connectivity index (χ3n) is 4.46. The fraction of sp³-hybridized carbons (Fsp3) is 0.412. The minimum Gasteiger partial charge on any atom is -0.469 e. The van der Waals surface area contributed by atoms with Crippen LogP contribution in [0.4, 0.5) is 5.69 Å². The van der Waals surface area contributed by atoms with Crippen LogP contribution in [0.2, 0.25) is 0 Å². The molecule has 1 aliphatic heterocycles. The predicted octanol–water partition coefficient (Wildman–Crippen LogP) is 1.88. The molecule has 0 radical (unpaired) electrons. The fourth-order valence-corrected chi connectivity index (χ4v) is 2.87. The highest BCUT2D eigenvalue weighted by Gasteiger charge is 2.30. The van der Waals surface area contributed by atoms with Crippen LogP contribution in [0.15, 0.2) is 18.2 Å². The van der Waals surface area contributed by atoms with Gasteiger partial charge in [-0.25, -0.2) is 0 Å². The Morgan fingerprint density at radius 1 is 1.25 bits per heavy atom. The van der Waals surface area contributed by atoms with Crippen LogP contribution in [-0.4, -0.2) is 33.8 Å². The topological polar surface area (TPSA) is 86.1 Å². The SMILES string of the molecule is COC(=O)[C@H]1CCn2c(nnc2C(=O)Nc2ccc(C)c(C)c2)C1. The molecule has 1 aliphatic rings. The van der Waals surface area contributed by atoms with Crippen molar-refractivity contribution >= 4 is 17.6 Å². The van der Waals surface area contributed by atoms with Crippen LogP contribution in [-0.2, 0) is 22.5 Å². The van der Waals surface area contributed by atoms with Gasteiger partial charge in [0, 0.05) is 18.7 Å². The Morgan fingerprint density at radius 3 is 2.75 bits per heavy atom. The van der Waals surface area contributed by atoms with Crippen molar-refractivity contribution in [2.75, 3.05) is 12.4 Å². The Labute approximate surface area is 140 Å². The zero-order valence-corrected chi connectivity index (χ0v) is 14.0. The smallest absolute Gasteiger partial charge is 0.309 e. The van der Waals surface area contributed by atoms with E-state index in [1.807, 2.05) is 32.0 Å². The fourth-order valence-electron chi connectivity index (χ4n) is 2.87. The van der Waals surface area contributed by atoms with E-state index in [-0.39, 0.29) is 23.6 Å². The van der Waals surface area contributed by atoms with E-state index in [2.05, 4.69) is 15.5 Å². The summed E-state index contributed by atoms with van der Waals surface area (Å²) in [4.78, 5) is 24.1. The Kier molecular flexibility index (Phi) is 4.33. The number of nitrogens with zero attached hydrogens (tertiary/aromatic N) is 3. The molecule has 2 aromatic rings. The van der Waals surface area contributed by atoms with Crippen LogP contribution in [0.25, 0.3) is 0 Å². The van der Waals surface area contributed by atoms with Gasteiger partial charge >= 0.3 is 5.97 Å². The van der Waals surface area contributed by atoms with Gasteiger partial charge in [0.05, 0.1) is 13.0 Å². The van der Waals surface area contributed by atoms with E-state index in [0.29, 0.717) is 25.2 Å². The van der Waals surface area contributed by atoms with Gasteiger partial charge in [-0.3, -0.25) is 9.59 Å². The summed E-state index contributed by atoms with van der Waals surface area (Å²) in [5, 5.41) is 10.9. The first kappa shape index (κ1) is 16.2. The van der Waals surface area contributed by atoms with E-state index in [1.54, 1.807) is 4.57 Å². The summed E-state index contributed by atoms with van der Waals surface area (Å²) in [7, 11) is 1.38. The van der Waals surface area contributed by atoms with Gasteiger partial charge < -0.3 is 14.6 Å². The van der Waals surface area contributed by atoms with Gasteiger partial charge in [0.2, 0.25) is 5.82 Å². The Bertz CT molecular complexity index is 797. The molecule has 0 unspecified atom stereocenters. The van der Waals surface area contributed by atoms with Crippen LogP contribution in [0.1, 0.15) is 34.0 Å². The summed E-state index contributed by atoms with van der Waals surface area (Å²) in [6.07, 6.45) is 1.05. The summed E-state index contributed by atoms with van der Waals surface area (Å²) in [5.41, 5.74) is 3.00. The highest BCUT2D eigenvalue weighted by molar-refractivity contribution is 6.01. The molecule has 0 saturated carbocycles.